The van der Waals surface area contributed by atoms with Gasteiger partial charge >= 0.3 is 5.97 Å². The van der Waals surface area contributed by atoms with Crippen LogP contribution in [0.4, 0.5) is 5.69 Å². The van der Waals surface area contributed by atoms with E-state index in [1.165, 1.54) is 0 Å². The lowest BCUT2D eigenvalue weighted by Gasteiger charge is -2.05. The summed E-state index contributed by atoms with van der Waals surface area (Å²) < 4.78 is 4.69. The number of hydrogen-bond donors (Lipinski definition) is 1. The van der Waals surface area contributed by atoms with E-state index in [0.29, 0.717) is 16.6 Å². The van der Waals surface area contributed by atoms with Crippen LogP contribution >= 0.6 is 11.6 Å². The van der Waals surface area contributed by atoms with Gasteiger partial charge in [-0.2, -0.15) is 5.10 Å². The Kier molecular flexibility index (Phi) is 4.45. The highest BCUT2D eigenvalue weighted by atomic mass is 35.5. The minimum absolute atomic E-state index is 0.229. The highest BCUT2D eigenvalue weighted by molar-refractivity contribution is 8.03. The number of rotatable bonds is 3. The molecule has 1 heterocycles. The second-order valence-electron chi connectivity index (χ2n) is 5.01. The molecule has 2 aromatic rings. The van der Waals surface area contributed by atoms with E-state index in [2.05, 4.69) is 5.10 Å². The Balaban J connectivity index is 1.98. The smallest absolute Gasteiger partial charge is 0.335 e. The van der Waals surface area contributed by atoms with Crippen molar-refractivity contribution in [1.29, 1.82) is 0 Å². The molecule has 118 valence electrons. The van der Waals surface area contributed by atoms with Crippen LogP contribution in [0, 0.1) is 0 Å². The molecule has 1 aliphatic heterocycles. The topological polar surface area (TPSA) is 65.3 Å². The number of halogens is 1. The standard InChI is InChI=1S/C16H14ClN3O2S/c1-20-10-23(15(18-20)11-5-7-13(17)8-6-11)19-14-4-2-3-12(9-14)16(21)22/h2-9H,10H2,1H3,(H,21,22). The lowest BCUT2D eigenvalue weighted by Crippen LogP contribution is -2.10. The van der Waals surface area contributed by atoms with Crippen LogP contribution in [0.3, 0.4) is 0 Å². The van der Waals surface area contributed by atoms with Gasteiger partial charge in [0.1, 0.15) is 5.04 Å². The van der Waals surface area contributed by atoms with Gasteiger partial charge in [0.2, 0.25) is 0 Å². The first-order valence-corrected chi connectivity index (χ1v) is 8.57. The Bertz CT molecular complexity index is 818. The van der Waals surface area contributed by atoms with E-state index in [-0.39, 0.29) is 5.56 Å². The SMILES string of the molecule is CN1CS(=Nc2cccc(C(=O)O)c2)C(c2ccc(Cl)cc2)=N1. The fourth-order valence-electron chi connectivity index (χ4n) is 2.15. The zero-order chi connectivity index (χ0) is 16.4. The van der Waals surface area contributed by atoms with Crippen molar-refractivity contribution in [3.8, 4) is 0 Å². The molecule has 1 aliphatic rings. The Morgan fingerprint density at radius 3 is 2.74 bits per heavy atom. The first kappa shape index (κ1) is 15.7. The van der Waals surface area contributed by atoms with Gasteiger partial charge in [0.25, 0.3) is 0 Å². The van der Waals surface area contributed by atoms with Crippen LogP contribution in [0.25, 0.3) is 0 Å². The summed E-state index contributed by atoms with van der Waals surface area (Å²) in [6, 6.07) is 14.1. The van der Waals surface area contributed by atoms with Crippen LogP contribution in [-0.2, 0) is 10.7 Å². The summed E-state index contributed by atoms with van der Waals surface area (Å²) in [6.45, 7) is 0. The van der Waals surface area contributed by atoms with Crippen molar-refractivity contribution in [3.05, 3.63) is 64.7 Å². The average Bonchev–Trinajstić information content (AvgIpc) is 2.89. The van der Waals surface area contributed by atoms with E-state index in [4.69, 9.17) is 21.1 Å². The van der Waals surface area contributed by atoms with Gasteiger partial charge in [-0.3, -0.25) is 5.01 Å². The summed E-state index contributed by atoms with van der Waals surface area (Å²) in [5.74, 6) is -0.282. The van der Waals surface area contributed by atoms with Crippen molar-refractivity contribution in [2.24, 2.45) is 9.46 Å². The van der Waals surface area contributed by atoms with Crippen LogP contribution in [0.1, 0.15) is 15.9 Å². The average molecular weight is 348 g/mol. The fourth-order valence-corrected chi connectivity index (χ4v) is 3.96. The first-order chi connectivity index (χ1) is 11.0. The molecule has 3 rings (SSSR count). The molecule has 5 nitrogen and oxygen atoms in total. The Morgan fingerprint density at radius 2 is 2.04 bits per heavy atom. The molecule has 0 saturated carbocycles. The summed E-state index contributed by atoms with van der Waals surface area (Å²) in [6.07, 6.45) is 0. The third-order valence-electron chi connectivity index (χ3n) is 3.19. The predicted molar refractivity (Wildman–Crippen MR) is 93.5 cm³/mol. The molecule has 0 spiro atoms. The second-order valence-corrected chi connectivity index (χ2v) is 7.00. The van der Waals surface area contributed by atoms with Gasteiger partial charge in [-0.05, 0) is 41.0 Å². The predicted octanol–water partition coefficient (Wildman–Crippen LogP) is 3.74. The third kappa shape index (κ3) is 3.60. The van der Waals surface area contributed by atoms with Gasteiger partial charge in [0, 0.05) is 17.6 Å². The van der Waals surface area contributed by atoms with Crippen molar-refractivity contribution in [2.45, 2.75) is 0 Å². The molecule has 23 heavy (non-hydrogen) atoms. The highest BCUT2D eigenvalue weighted by Crippen LogP contribution is 2.22. The van der Waals surface area contributed by atoms with Crippen molar-refractivity contribution >= 4 is 39.0 Å². The zero-order valence-corrected chi connectivity index (χ0v) is 13.9. The quantitative estimate of drug-likeness (QED) is 0.919. The lowest BCUT2D eigenvalue weighted by atomic mass is 10.2. The number of carbonyl (C=O) groups is 1. The van der Waals surface area contributed by atoms with Crippen LogP contribution in [0.15, 0.2) is 58.0 Å². The molecular weight excluding hydrogens is 334 g/mol. The third-order valence-corrected chi connectivity index (χ3v) is 5.26. The van der Waals surface area contributed by atoms with Gasteiger partial charge in [-0.1, -0.05) is 29.8 Å². The molecule has 0 bridgehead atoms. The molecular formula is C16H14ClN3O2S. The Labute approximate surface area is 141 Å². The number of nitrogens with zero attached hydrogens (tertiary/aromatic N) is 3. The van der Waals surface area contributed by atoms with E-state index in [1.807, 2.05) is 36.3 Å². The molecule has 0 amide bonds. The molecule has 0 fully saturated rings. The normalized spacial score (nSPS) is 17.4. The summed E-state index contributed by atoms with van der Waals surface area (Å²) in [5.41, 5.74) is 1.85. The zero-order valence-electron chi connectivity index (χ0n) is 12.3. The van der Waals surface area contributed by atoms with Crippen molar-refractivity contribution in [3.63, 3.8) is 0 Å². The maximum absolute atomic E-state index is 11.1. The van der Waals surface area contributed by atoms with Crippen molar-refractivity contribution in [2.75, 3.05) is 12.9 Å². The Morgan fingerprint density at radius 1 is 1.30 bits per heavy atom. The molecule has 0 saturated heterocycles. The minimum atomic E-state index is -0.958. The molecule has 0 aliphatic carbocycles. The van der Waals surface area contributed by atoms with Crippen molar-refractivity contribution < 1.29 is 9.90 Å². The highest BCUT2D eigenvalue weighted by Gasteiger charge is 2.20. The molecule has 1 atom stereocenters. The fraction of sp³-hybridized carbons (Fsp3) is 0.125. The van der Waals surface area contributed by atoms with E-state index in [0.717, 1.165) is 10.6 Å². The van der Waals surface area contributed by atoms with E-state index < -0.39 is 16.7 Å². The number of carboxylic acid groups (broad SMARTS) is 1. The number of hydrogen-bond acceptors (Lipinski definition) is 4. The molecule has 0 aromatic heterocycles. The molecule has 2 aromatic carbocycles. The largest absolute Gasteiger partial charge is 0.478 e. The minimum Gasteiger partial charge on any atom is -0.478 e. The van der Waals surface area contributed by atoms with Gasteiger partial charge in [-0.15, -0.1) is 0 Å². The first-order valence-electron chi connectivity index (χ1n) is 6.85. The van der Waals surface area contributed by atoms with Crippen LogP contribution in [0.2, 0.25) is 5.02 Å². The van der Waals surface area contributed by atoms with E-state index in [1.54, 1.807) is 24.3 Å². The Hall–Kier alpha value is -2.18. The number of hydrazone groups is 1. The number of aromatic carboxylic acids is 1. The van der Waals surface area contributed by atoms with Gasteiger partial charge in [-0.25, -0.2) is 9.16 Å². The lowest BCUT2D eigenvalue weighted by molar-refractivity contribution is 0.0697. The van der Waals surface area contributed by atoms with Crippen LogP contribution < -0.4 is 0 Å². The molecule has 1 unspecified atom stereocenters. The summed E-state index contributed by atoms with van der Waals surface area (Å²) in [5, 5.41) is 17.0. The molecule has 0 radical (unpaired) electrons. The van der Waals surface area contributed by atoms with Gasteiger partial charge < -0.3 is 5.11 Å². The van der Waals surface area contributed by atoms with Crippen molar-refractivity contribution in [1.82, 2.24) is 5.01 Å². The summed E-state index contributed by atoms with van der Waals surface area (Å²) in [4.78, 5) is 11.1. The van der Waals surface area contributed by atoms with Gasteiger partial charge in [0.15, 0.2) is 0 Å². The van der Waals surface area contributed by atoms with E-state index in [9.17, 15) is 4.79 Å². The molecule has 7 heteroatoms. The van der Waals surface area contributed by atoms with Gasteiger partial charge in [0.05, 0.1) is 17.1 Å². The van der Waals surface area contributed by atoms with Crippen LogP contribution in [0.5, 0.6) is 0 Å². The maximum atomic E-state index is 11.1. The second kappa shape index (κ2) is 6.52. The van der Waals surface area contributed by atoms with E-state index >= 15 is 0 Å². The monoisotopic (exact) mass is 347 g/mol. The number of carboxylic acids is 1. The summed E-state index contributed by atoms with van der Waals surface area (Å²) >= 11 is 5.93. The maximum Gasteiger partial charge on any atom is 0.335 e. The number of benzene rings is 2. The molecule has 1 N–H and O–H groups in total. The van der Waals surface area contributed by atoms with Crippen LogP contribution in [-0.4, -0.2) is 34.1 Å². The summed E-state index contributed by atoms with van der Waals surface area (Å²) in [7, 11) is 1.43.